The van der Waals surface area contributed by atoms with Gasteiger partial charge in [0.05, 0.1) is 18.8 Å². The summed E-state index contributed by atoms with van der Waals surface area (Å²) in [7, 11) is -1.41. The largest absolute Gasteiger partial charge is 0.390 e. The van der Waals surface area contributed by atoms with Gasteiger partial charge in [-0.1, -0.05) is 69.0 Å². The van der Waals surface area contributed by atoms with Crippen molar-refractivity contribution in [3.8, 4) is 11.5 Å². The third-order valence-corrected chi connectivity index (χ3v) is 4.67. The highest BCUT2D eigenvalue weighted by Crippen LogP contribution is 2.20. The van der Waals surface area contributed by atoms with Gasteiger partial charge in [0.15, 0.2) is 0 Å². The van der Waals surface area contributed by atoms with Gasteiger partial charge in [-0.2, -0.15) is 0 Å². The lowest BCUT2D eigenvalue weighted by molar-refractivity contribution is -0.0576. The van der Waals surface area contributed by atoms with Crippen LogP contribution in [0.4, 0.5) is 0 Å². The molecule has 1 rings (SSSR count). The molecule has 0 saturated carbocycles. The molecule has 0 radical (unpaired) electrons. The predicted molar refractivity (Wildman–Crippen MR) is 101 cm³/mol. The summed E-state index contributed by atoms with van der Waals surface area (Å²) in [5, 5.41) is 10.6. The Labute approximate surface area is 142 Å². The molecule has 0 aromatic heterocycles. The van der Waals surface area contributed by atoms with E-state index < -0.39 is 14.2 Å². The van der Waals surface area contributed by atoms with Crippen LogP contribution in [0.3, 0.4) is 0 Å². The van der Waals surface area contributed by atoms with Crippen LogP contribution in [-0.2, 0) is 11.3 Å². The molecule has 2 nitrogen and oxygen atoms in total. The smallest absolute Gasteiger partial charge is 0.129 e. The Kier molecular flexibility index (Phi) is 7.77. The van der Waals surface area contributed by atoms with Crippen molar-refractivity contribution in [1.82, 2.24) is 0 Å². The second-order valence-corrected chi connectivity index (χ2v) is 12.0. The minimum absolute atomic E-state index is 0.00976. The summed E-state index contributed by atoms with van der Waals surface area (Å²) >= 11 is 0. The first-order valence-corrected chi connectivity index (χ1v) is 11.7. The van der Waals surface area contributed by atoms with Gasteiger partial charge in [0.1, 0.15) is 8.07 Å². The van der Waals surface area contributed by atoms with Crippen molar-refractivity contribution >= 4 is 8.07 Å². The van der Waals surface area contributed by atoms with Crippen LogP contribution in [-0.4, -0.2) is 25.4 Å². The Morgan fingerprint density at radius 2 is 1.87 bits per heavy atom. The van der Waals surface area contributed by atoms with Crippen molar-refractivity contribution in [2.45, 2.75) is 58.7 Å². The maximum Gasteiger partial charge on any atom is 0.129 e. The van der Waals surface area contributed by atoms with Crippen LogP contribution in [0.5, 0.6) is 0 Å². The average molecular weight is 331 g/mol. The molecule has 0 unspecified atom stereocenters. The van der Waals surface area contributed by atoms with E-state index in [4.69, 9.17) is 4.74 Å². The van der Waals surface area contributed by atoms with Crippen LogP contribution in [0.25, 0.3) is 0 Å². The van der Waals surface area contributed by atoms with Crippen LogP contribution in [0.15, 0.2) is 42.5 Å². The third-order valence-electron chi connectivity index (χ3n) is 3.74. The van der Waals surface area contributed by atoms with E-state index in [2.05, 4.69) is 37.7 Å². The fraction of sp³-hybridized carbons (Fsp3) is 0.500. The molecule has 1 aromatic carbocycles. The van der Waals surface area contributed by atoms with Crippen molar-refractivity contribution in [2.75, 3.05) is 0 Å². The minimum atomic E-state index is -1.41. The zero-order valence-corrected chi connectivity index (χ0v) is 16.1. The van der Waals surface area contributed by atoms with E-state index in [0.717, 1.165) is 11.1 Å². The number of benzene rings is 1. The summed E-state index contributed by atoms with van der Waals surface area (Å²) in [5.41, 5.74) is 5.41. The fourth-order valence-electron chi connectivity index (χ4n) is 2.09. The molecule has 1 aromatic rings. The molecule has 0 aliphatic rings. The Morgan fingerprint density at radius 3 is 2.39 bits per heavy atom. The van der Waals surface area contributed by atoms with Crippen LogP contribution in [0, 0.1) is 17.4 Å². The van der Waals surface area contributed by atoms with Gasteiger partial charge in [-0.3, -0.25) is 0 Å². The van der Waals surface area contributed by atoms with Crippen LogP contribution in [0.1, 0.15) is 25.8 Å². The highest BCUT2D eigenvalue weighted by Gasteiger charge is 2.25. The molecule has 0 fully saturated rings. The molecule has 0 bridgehead atoms. The fourth-order valence-corrected chi connectivity index (χ4v) is 2.72. The van der Waals surface area contributed by atoms with E-state index in [1.54, 1.807) is 0 Å². The quantitative estimate of drug-likeness (QED) is 0.456. The van der Waals surface area contributed by atoms with Crippen LogP contribution in [0.2, 0.25) is 19.6 Å². The number of ether oxygens (including phenoxy) is 1. The Hall–Kier alpha value is -1.34. The average Bonchev–Trinajstić information content (AvgIpc) is 2.49. The first-order valence-electron chi connectivity index (χ1n) is 8.19. The van der Waals surface area contributed by atoms with Crippen molar-refractivity contribution in [3.63, 3.8) is 0 Å². The van der Waals surface area contributed by atoms with Gasteiger partial charge >= 0.3 is 0 Å². The summed E-state index contributed by atoms with van der Waals surface area (Å²) in [5.74, 6) is 3.22. The Bertz CT molecular complexity index is 548. The first kappa shape index (κ1) is 19.7. The SMILES string of the molecule is C=C(C)[C@H](C)[C@H](O)[C@H](CC#C[Si](C)(C)C)OCc1ccccc1. The molecule has 0 heterocycles. The predicted octanol–water partition coefficient (Wildman–Crippen LogP) is 4.42. The molecule has 0 spiro atoms. The summed E-state index contributed by atoms with van der Waals surface area (Å²) in [4.78, 5) is 0. The molecule has 0 saturated heterocycles. The molecule has 1 N–H and O–H groups in total. The standard InChI is InChI=1S/C20H30O2Si/c1-16(2)17(3)20(21)19(13-10-14-23(4,5)6)22-15-18-11-8-7-9-12-18/h7-9,11-12,17,19-21H,1,13,15H2,2-6H3/t17-,19-,20-/m0/s1. The van der Waals surface area contributed by atoms with Gasteiger partial charge in [0, 0.05) is 12.3 Å². The number of aliphatic hydroxyl groups excluding tert-OH is 1. The molecular formula is C20H30O2Si. The topological polar surface area (TPSA) is 29.5 Å². The van der Waals surface area contributed by atoms with Crippen molar-refractivity contribution in [1.29, 1.82) is 0 Å². The summed E-state index contributed by atoms with van der Waals surface area (Å²) in [6, 6.07) is 10.0. The number of hydrogen-bond acceptors (Lipinski definition) is 2. The lowest BCUT2D eigenvalue weighted by Gasteiger charge is -2.27. The normalized spacial score (nSPS) is 15.2. The van der Waals surface area contributed by atoms with E-state index in [-0.39, 0.29) is 12.0 Å². The van der Waals surface area contributed by atoms with Gasteiger partial charge in [-0.25, -0.2) is 0 Å². The van der Waals surface area contributed by atoms with E-state index in [1.807, 2.05) is 44.2 Å². The second kappa shape index (κ2) is 9.07. The number of hydrogen-bond donors (Lipinski definition) is 1. The third kappa shape index (κ3) is 7.65. The molecule has 23 heavy (non-hydrogen) atoms. The van der Waals surface area contributed by atoms with E-state index in [9.17, 15) is 5.11 Å². The van der Waals surface area contributed by atoms with Crippen molar-refractivity contribution in [3.05, 3.63) is 48.0 Å². The van der Waals surface area contributed by atoms with Crippen molar-refractivity contribution < 1.29 is 9.84 Å². The molecule has 3 atom stereocenters. The number of rotatable bonds is 7. The maximum atomic E-state index is 10.6. The monoisotopic (exact) mass is 330 g/mol. The van der Waals surface area contributed by atoms with Gasteiger partial charge in [0.2, 0.25) is 0 Å². The zero-order valence-electron chi connectivity index (χ0n) is 15.1. The minimum Gasteiger partial charge on any atom is -0.390 e. The van der Waals surface area contributed by atoms with Crippen molar-refractivity contribution in [2.24, 2.45) is 5.92 Å². The van der Waals surface area contributed by atoms with Gasteiger partial charge in [-0.15, -0.1) is 11.5 Å². The molecule has 0 aliphatic heterocycles. The van der Waals surface area contributed by atoms with Crippen LogP contribution < -0.4 is 0 Å². The van der Waals surface area contributed by atoms with Gasteiger partial charge in [-0.05, 0) is 12.5 Å². The molecule has 126 valence electrons. The van der Waals surface area contributed by atoms with Crippen LogP contribution >= 0.6 is 0 Å². The highest BCUT2D eigenvalue weighted by atomic mass is 28.3. The maximum absolute atomic E-state index is 10.6. The first-order chi connectivity index (χ1) is 10.7. The molecule has 3 heteroatoms. The highest BCUT2D eigenvalue weighted by molar-refractivity contribution is 6.83. The molecule has 0 aliphatic carbocycles. The van der Waals surface area contributed by atoms with Gasteiger partial charge < -0.3 is 9.84 Å². The summed E-state index contributed by atoms with van der Waals surface area (Å²) in [6.07, 6.45) is -0.339. The lowest BCUT2D eigenvalue weighted by atomic mass is 9.92. The Morgan fingerprint density at radius 1 is 1.26 bits per heavy atom. The van der Waals surface area contributed by atoms with E-state index in [1.165, 1.54) is 0 Å². The molecular weight excluding hydrogens is 300 g/mol. The summed E-state index contributed by atoms with van der Waals surface area (Å²) < 4.78 is 6.00. The Balaban J connectivity index is 2.78. The lowest BCUT2D eigenvalue weighted by Crippen LogP contribution is -2.34. The number of aliphatic hydroxyl groups is 1. The summed E-state index contributed by atoms with van der Waals surface area (Å²) in [6.45, 7) is 15.0. The zero-order chi connectivity index (χ0) is 17.5. The molecule has 0 amide bonds. The van der Waals surface area contributed by atoms with E-state index >= 15 is 0 Å². The van der Waals surface area contributed by atoms with Gasteiger partial charge in [0.25, 0.3) is 0 Å². The second-order valence-electron chi connectivity index (χ2n) is 7.22. The van der Waals surface area contributed by atoms with E-state index in [0.29, 0.717) is 13.0 Å².